The van der Waals surface area contributed by atoms with Crippen LogP contribution in [0.3, 0.4) is 0 Å². The average Bonchev–Trinajstić information content (AvgIpc) is 2.83. The summed E-state index contributed by atoms with van der Waals surface area (Å²) in [6, 6.07) is 2.62. The zero-order chi connectivity index (χ0) is 15.7. The summed E-state index contributed by atoms with van der Waals surface area (Å²) in [5, 5.41) is -0.362. The Kier molecular flexibility index (Phi) is 4.87. The molecule has 0 saturated heterocycles. The second kappa shape index (κ2) is 6.30. The molecule has 3 unspecified atom stereocenters. The third-order valence-corrected chi connectivity index (χ3v) is 4.20. The minimum atomic E-state index is -0.854. The van der Waals surface area contributed by atoms with Gasteiger partial charge in [-0.2, -0.15) is 0 Å². The molecule has 0 saturated carbocycles. The van der Waals surface area contributed by atoms with Crippen LogP contribution in [-0.2, 0) is 0 Å². The molecule has 2 nitrogen and oxygen atoms in total. The standard InChI is InChI=1S/C16H21ClF2N2/c1-5-9(2)8-10(3)21-15-13(20-16(21)11(4)17)7-6-12(18)14(15)19/h6-7,9-11H,5,8H2,1-4H3. The SMILES string of the molecule is CCC(C)CC(C)n1c(C(C)Cl)nc2ccc(F)c(F)c21. The molecule has 0 aliphatic rings. The molecule has 5 heteroatoms. The van der Waals surface area contributed by atoms with Crippen molar-refractivity contribution in [3.63, 3.8) is 0 Å². The molecular formula is C16H21ClF2N2. The molecule has 0 aliphatic heterocycles. The number of aromatic nitrogens is 2. The van der Waals surface area contributed by atoms with Gasteiger partial charge in [0.25, 0.3) is 0 Å². The fourth-order valence-corrected chi connectivity index (χ4v) is 2.88. The number of fused-ring (bicyclic) bond motifs is 1. The van der Waals surface area contributed by atoms with E-state index in [9.17, 15) is 8.78 Å². The van der Waals surface area contributed by atoms with Crippen LogP contribution in [0.4, 0.5) is 8.78 Å². The lowest BCUT2D eigenvalue weighted by atomic mass is 10.00. The Bertz CT molecular complexity index is 637. The van der Waals surface area contributed by atoms with Gasteiger partial charge < -0.3 is 4.57 Å². The number of halogens is 3. The van der Waals surface area contributed by atoms with Crippen LogP contribution < -0.4 is 0 Å². The number of rotatable bonds is 5. The zero-order valence-electron chi connectivity index (χ0n) is 12.8. The number of hydrogen-bond acceptors (Lipinski definition) is 1. The van der Waals surface area contributed by atoms with Gasteiger partial charge in [0.1, 0.15) is 11.3 Å². The quantitative estimate of drug-likeness (QED) is 0.656. The minimum Gasteiger partial charge on any atom is -0.321 e. The van der Waals surface area contributed by atoms with Crippen molar-refractivity contribution in [1.82, 2.24) is 9.55 Å². The topological polar surface area (TPSA) is 17.8 Å². The monoisotopic (exact) mass is 314 g/mol. The summed E-state index contributed by atoms with van der Waals surface area (Å²) in [7, 11) is 0. The Balaban J connectivity index is 2.62. The molecule has 0 spiro atoms. The van der Waals surface area contributed by atoms with Crippen molar-refractivity contribution in [1.29, 1.82) is 0 Å². The van der Waals surface area contributed by atoms with Crippen molar-refractivity contribution in [3.8, 4) is 0 Å². The van der Waals surface area contributed by atoms with Crippen LogP contribution in [0, 0.1) is 17.6 Å². The number of hydrogen-bond donors (Lipinski definition) is 0. The molecular weight excluding hydrogens is 294 g/mol. The van der Waals surface area contributed by atoms with Crippen LogP contribution in [0.25, 0.3) is 11.0 Å². The van der Waals surface area contributed by atoms with Crippen LogP contribution in [0.2, 0.25) is 0 Å². The van der Waals surface area contributed by atoms with Crippen molar-refractivity contribution in [2.24, 2.45) is 5.92 Å². The third-order valence-electron chi connectivity index (χ3n) is 4.01. The van der Waals surface area contributed by atoms with Gasteiger partial charge in [-0.3, -0.25) is 0 Å². The van der Waals surface area contributed by atoms with Crippen molar-refractivity contribution < 1.29 is 8.78 Å². The largest absolute Gasteiger partial charge is 0.321 e. The van der Waals surface area contributed by atoms with Crippen molar-refractivity contribution in [2.75, 3.05) is 0 Å². The first-order valence-electron chi connectivity index (χ1n) is 7.36. The first-order valence-corrected chi connectivity index (χ1v) is 7.80. The van der Waals surface area contributed by atoms with Crippen molar-refractivity contribution in [2.45, 2.75) is 52.0 Å². The molecule has 116 valence electrons. The van der Waals surface area contributed by atoms with Gasteiger partial charge in [-0.1, -0.05) is 20.3 Å². The van der Waals surface area contributed by atoms with E-state index < -0.39 is 11.6 Å². The van der Waals surface area contributed by atoms with E-state index in [0.717, 1.165) is 18.9 Å². The lowest BCUT2D eigenvalue weighted by Crippen LogP contribution is -2.13. The van der Waals surface area contributed by atoms with E-state index in [1.807, 2.05) is 6.92 Å². The zero-order valence-corrected chi connectivity index (χ0v) is 13.6. The van der Waals surface area contributed by atoms with E-state index in [2.05, 4.69) is 18.8 Å². The molecule has 1 aromatic carbocycles. The van der Waals surface area contributed by atoms with Crippen LogP contribution in [0.5, 0.6) is 0 Å². The Hall–Kier alpha value is -1.16. The Morgan fingerprint density at radius 1 is 1.24 bits per heavy atom. The highest BCUT2D eigenvalue weighted by molar-refractivity contribution is 6.20. The molecule has 1 aromatic heterocycles. The molecule has 1 heterocycles. The first kappa shape index (κ1) is 16.2. The number of nitrogens with zero attached hydrogens (tertiary/aromatic N) is 2. The van der Waals surface area contributed by atoms with Gasteiger partial charge in [0.15, 0.2) is 11.6 Å². The summed E-state index contributed by atoms with van der Waals surface area (Å²) in [5.41, 5.74) is 0.667. The highest BCUT2D eigenvalue weighted by Gasteiger charge is 2.23. The summed E-state index contributed by atoms with van der Waals surface area (Å²) in [4.78, 5) is 4.39. The van der Waals surface area contributed by atoms with E-state index in [1.54, 1.807) is 11.5 Å². The maximum absolute atomic E-state index is 14.2. The fourth-order valence-electron chi connectivity index (χ4n) is 2.72. The van der Waals surface area contributed by atoms with Gasteiger partial charge in [-0.05, 0) is 38.3 Å². The smallest absolute Gasteiger partial charge is 0.184 e. The summed E-state index contributed by atoms with van der Waals surface area (Å²) in [5.74, 6) is -0.618. The van der Waals surface area contributed by atoms with E-state index in [1.165, 1.54) is 6.07 Å². The lowest BCUT2D eigenvalue weighted by Gasteiger charge is -2.21. The molecule has 0 N–H and O–H groups in total. The summed E-state index contributed by atoms with van der Waals surface area (Å²) in [6.45, 7) is 8.06. The number of alkyl halides is 1. The third kappa shape index (κ3) is 3.05. The molecule has 0 aliphatic carbocycles. The Labute approximate surface area is 129 Å². The van der Waals surface area contributed by atoms with E-state index >= 15 is 0 Å². The van der Waals surface area contributed by atoms with E-state index in [4.69, 9.17) is 11.6 Å². The van der Waals surface area contributed by atoms with Gasteiger partial charge in [-0.15, -0.1) is 11.6 Å². The van der Waals surface area contributed by atoms with Crippen LogP contribution >= 0.6 is 11.6 Å². The number of benzene rings is 1. The molecule has 0 radical (unpaired) electrons. The van der Waals surface area contributed by atoms with Gasteiger partial charge in [0.2, 0.25) is 0 Å². The lowest BCUT2D eigenvalue weighted by molar-refractivity contribution is 0.393. The van der Waals surface area contributed by atoms with Crippen molar-refractivity contribution >= 4 is 22.6 Å². The van der Waals surface area contributed by atoms with Crippen LogP contribution in [-0.4, -0.2) is 9.55 Å². The highest BCUT2D eigenvalue weighted by Crippen LogP contribution is 2.33. The van der Waals surface area contributed by atoms with E-state index in [-0.39, 0.29) is 16.9 Å². The highest BCUT2D eigenvalue weighted by atomic mass is 35.5. The minimum absolute atomic E-state index is 0.0115. The maximum Gasteiger partial charge on any atom is 0.184 e. The van der Waals surface area contributed by atoms with Crippen LogP contribution in [0.15, 0.2) is 12.1 Å². The molecule has 2 rings (SSSR count). The normalized spacial score (nSPS) is 16.1. The summed E-state index contributed by atoms with van der Waals surface area (Å²) >= 11 is 6.19. The molecule has 2 aromatic rings. The molecule has 0 amide bonds. The predicted octanol–water partition coefficient (Wildman–Crippen LogP) is 5.61. The molecule has 0 fully saturated rings. The molecule has 21 heavy (non-hydrogen) atoms. The first-order chi connectivity index (χ1) is 9.86. The van der Waals surface area contributed by atoms with Gasteiger partial charge in [0, 0.05) is 6.04 Å². The summed E-state index contributed by atoms with van der Waals surface area (Å²) in [6.07, 6.45) is 1.91. The predicted molar refractivity (Wildman–Crippen MR) is 82.7 cm³/mol. The maximum atomic E-state index is 14.2. The average molecular weight is 315 g/mol. The summed E-state index contributed by atoms with van der Waals surface area (Å²) < 4.78 is 29.6. The van der Waals surface area contributed by atoms with Crippen LogP contribution in [0.1, 0.15) is 57.8 Å². The Morgan fingerprint density at radius 2 is 1.90 bits per heavy atom. The second-order valence-electron chi connectivity index (χ2n) is 5.78. The second-order valence-corrected chi connectivity index (χ2v) is 6.44. The Morgan fingerprint density at radius 3 is 2.48 bits per heavy atom. The van der Waals surface area contributed by atoms with Gasteiger partial charge >= 0.3 is 0 Å². The fraction of sp³-hybridized carbons (Fsp3) is 0.562. The van der Waals surface area contributed by atoms with Crippen molar-refractivity contribution in [3.05, 3.63) is 29.6 Å². The van der Waals surface area contributed by atoms with E-state index in [0.29, 0.717) is 17.3 Å². The molecule has 3 atom stereocenters. The number of imidazole rings is 1. The van der Waals surface area contributed by atoms with Gasteiger partial charge in [-0.25, -0.2) is 13.8 Å². The molecule has 0 bridgehead atoms. The van der Waals surface area contributed by atoms with Gasteiger partial charge in [0.05, 0.1) is 10.9 Å².